The molecule has 1 aromatic rings. The van der Waals surface area contributed by atoms with E-state index in [1.54, 1.807) is 6.08 Å². The second-order valence-electron chi connectivity index (χ2n) is 3.63. The summed E-state index contributed by atoms with van der Waals surface area (Å²) in [5.41, 5.74) is -0.719. The van der Waals surface area contributed by atoms with Crippen molar-refractivity contribution in [1.82, 2.24) is 0 Å². The van der Waals surface area contributed by atoms with E-state index in [1.807, 2.05) is 0 Å². The van der Waals surface area contributed by atoms with Crippen LogP contribution in [0.25, 0.3) is 0 Å². The number of unbranched alkanes of at least 4 members (excludes halogenated alkanes) is 2. The number of hydrogen-bond acceptors (Lipinski definition) is 1. The molecule has 0 aromatic heterocycles. The summed E-state index contributed by atoms with van der Waals surface area (Å²) in [5.74, 6) is -0.0985. The van der Waals surface area contributed by atoms with Crippen LogP contribution in [0.3, 0.4) is 0 Å². The molecule has 0 spiro atoms. The van der Waals surface area contributed by atoms with Gasteiger partial charge in [-0.05, 0) is 31.4 Å². The average Bonchev–Trinajstić information content (AvgIpc) is 2.28. The predicted molar refractivity (Wildman–Crippen MR) is 61.0 cm³/mol. The molecule has 1 nitrogen and oxygen atoms in total. The molecule has 4 heteroatoms. The van der Waals surface area contributed by atoms with Crippen LogP contribution in [0.2, 0.25) is 0 Å². The zero-order chi connectivity index (χ0) is 12.7. The van der Waals surface area contributed by atoms with Gasteiger partial charge >= 0.3 is 6.18 Å². The van der Waals surface area contributed by atoms with Crippen molar-refractivity contribution in [2.75, 3.05) is 6.61 Å². The first kappa shape index (κ1) is 13.6. The number of allylic oxidation sites excluding steroid dienone is 1. The molecule has 0 fully saturated rings. The third-order valence-electron chi connectivity index (χ3n) is 2.25. The molecule has 1 rings (SSSR count). The number of rotatable bonds is 6. The van der Waals surface area contributed by atoms with Crippen molar-refractivity contribution in [3.63, 3.8) is 0 Å². The van der Waals surface area contributed by atoms with Crippen LogP contribution in [0.1, 0.15) is 24.8 Å². The highest BCUT2D eigenvalue weighted by Gasteiger charge is 2.33. The van der Waals surface area contributed by atoms with Crippen LogP contribution in [0.5, 0.6) is 5.75 Å². The number of para-hydroxylation sites is 1. The molecular weight excluding hydrogens is 229 g/mol. The van der Waals surface area contributed by atoms with Crippen molar-refractivity contribution in [3.05, 3.63) is 42.5 Å². The van der Waals surface area contributed by atoms with Gasteiger partial charge in [0.25, 0.3) is 0 Å². The molecule has 94 valence electrons. The van der Waals surface area contributed by atoms with E-state index in [1.165, 1.54) is 18.2 Å². The molecular formula is C13H15F3O. The summed E-state index contributed by atoms with van der Waals surface area (Å²) in [5, 5.41) is 0. The Hall–Kier alpha value is -1.45. The third-order valence-corrected chi connectivity index (χ3v) is 2.25. The van der Waals surface area contributed by atoms with E-state index >= 15 is 0 Å². The fourth-order valence-corrected chi connectivity index (χ4v) is 1.40. The number of ether oxygens (including phenoxy) is 1. The molecule has 0 atom stereocenters. The Morgan fingerprint density at radius 2 is 1.88 bits per heavy atom. The van der Waals surface area contributed by atoms with Gasteiger partial charge < -0.3 is 4.74 Å². The zero-order valence-electron chi connectivity index (χ0n) is 9.46. The number of hydrogen-bond donors (Lipinski definition) is 0. The Kier molecular flexibility index (Phi) is 5.07. The molecule has 0 heterocycles. The van der Waals surface area contributed by atoms with Gasteiger partial charge in [0.15, 0.2) is 0 Å². The fraction of sp³-hybridized carbons (Fsp3) is 0.385. The molecule has 0 unspecified atom stereocenters. The monoisotopic (exact) mass is 244 g/mol. The number of alkyl halides is 3. The second kappa shape index (κ2) is 6.33. The van der Waals surface area contributed by atoms with Crippen LogP contribution < -0.4 is 4.74 Å². The molecule has 0 aliphatic carbocycles. The van der Waals surface area contributed by atoms with Gasteiger partial charge in [-0.25, -0.2) is 0 Å². The summed E-state index contributed by atoms with van der Waals surface area (Å²) in [7, 11) is 0. The Morgan fingerprint density at radius 1 is 1.18 bits per heavy atom. The minimum atomic E-state index is -4.36. The predicted octanol–water partition coefficient (Wildman–Crippen LogP) is 4.44. The lowest BCUT2D eigenvalue weighted by Gasteiger charge is -2.13. The van der Waals surface area contributed by atoms with Crippen LogP contribution in [0, 0.1) is 0 Å². The van der Waals surface area contributed by atoms with E-state index in [9.17, 15) is 13.2 Å². The summed E-state index contributed by atoms with van der Waals surface area (Å²) in [6.45, 7) is 3.87. The fourth-order valence-electron chi connectivity index (χ4n) is 1.40. The second-order valence-corrected chi connectivity index (χ2v) is 3.63. The zero-order valence-corrected chi connectivity index (χ0v) is 9.46. The highest BCUT2D eigenvalue weighted by Crippen LogP contribution is 2.35. The Bertz CT molecular complexity index is 358. The topological polar surface area (TPSA) is 9.23 Å². The van der Waals surface area contributed by atoms with E-state index in [0.717, 1.165) is 25.3 Å². The maximum Gasteiger partial charge on any atom is 0.419 e. The first-order chi connectivity index (χ1) is 8.05. The Labute approximate surface area is 98.9 Å². The lowest BCUT2D eigenvalue weighted by molar-refractivity contribution is -0.138. The first-order valence-corrected chi connectivity index (χ1v) is 5.45. The summed E-state index contributed by atoms with van der Waals surface area (Å²) >= 11 is 0. The van der Waals surface area contributed by atoms with Crippen LogP contribution in [-0.4, -0.2) is 6.61 Å². The molecule has 0 saturated heterocycles. The molecule has 1 aromatic carbocycles. The summed E-state index contributed by atoms with van der Waals surface area (Å²) in [4.78, 5) is 0. The quantitative estimate of drug-likeness (QED) is 0.531. The summed E-state index contributed by atoms with van der Waals surface area (Å²) in [6, 6.07) is 5.26. The Balaban J connectivity index is 2.56. The highest BCUT2D eigenvalue weighted by atomic mass is 19.4. The number of benzene rings is 1. The maximum absolute atomic E-state index is 12.6. The van der Waals surface area contributed by atoms with E-state index in [2.05, 4.69) is 6.58 Å². The highest BCUT2D eigenvalue weighted by molar-refractivity contribution is 5.35. The molecule has 0 N–H and O–H groups in total. The van der Waals surface area contributed by atoms with Crippen molar-refractivity contribution in [2.45, 2.75) is 25.4 Å². The minimum Gasteiger partial charge on any atom is -0.493 e. The van der Waals surface area contributed by atoms with Gasteiger partial charge in [-0.15, -0.1) is 6.58 Å². The smallest absolute Gasteiger partial charge is 0.419 e. The number of halogens is 3. The lowest BCUT2D eigenvalue weighted by atomic mass is 10.2. The van der Waals surface area contributed by atoms with Crippen molar-refractivity contribution < 1.29 is 17.9 Å². The van der Waals surface area contributed by atoms with Gasteiger partial charge in [0.05, 0.1) is 12.2 Å². The van der Waals surface area contributed by atoms with Gasteiger partial charge in [-0.1, -0.05) is 18.2 Å². The van der Waals surface area contributed by atoms with E-state index in [4.69, 9.17) is 4.74 Å². The van der Waals surface area contributed by atoms with Gasteiger partial charge in [0.2, 0.25) is 0 Å². The van der Waals surface area contributed by atoms with Crippen LogP contribution in [0.4, 0.5) is 13.2 Å². The minimum absolute atomic E-state index is 0.0985. The summed E-state index contributed by atoms with van der Waals surface area (Å²) < 4.78 is 42.9. The van der Waals surface area contributed by atoms with Gasteiger partial charge in [-0.2, -0.15) is 13.2 Å². The van der Waals surface area contributed by atoms with E-state index in [-0.39, 0.29) is 5.75 Å². The molecule has 0 amide bonds. The van der Waals surface area contributed by atoms with Crippen molar-refractivity contribution in [1.29, 1.82) is 0 Å². The van der Waals surface area contributed by atoms with E-state index < -0.39 is 11.7 Å². The normalized spacial score (nSPS) is 11.2. The molecule has 0 saturated carbocycles. The maximum atomic E-state index is 12.6. The standard InChI is InChI=1S/C13H15F3O/c1-2-3-4-7-10-17-12-9-6-5-8-11(12)13(14,15)16/h2,5-6,8-9H,1,3-4,7,10H2. The molecule has 0 bridgehead atoms. The van der Waals surface area contributed by atoms with Crippen molar-refractivity contribution in [3.8, 4) is 5.75 Å². The molecule has 0 radical (unpaired) electrons. The largest absolute Gasteiger partial charge is 0.493 e. The molecule has 17 heavy (non-hydrogen) atoms. The van der Waals surface area contributed by atoms with Crippen LogP contribution in [0.15, 0.2) is 36.9 Å². The first-order valence-electron chi connectivity index (χ1n) is 5.45. The van der Waals surface area contributed by atoms with Crippen LogP contribution >= 0.6 is 0 Å². The Morgan fingerprint density at radius 3 is 2.53 bits per heavy atom. The molecule has 0 aliphatic rings. The van der Waals surface area contributed by atoms with Gasteiger partial charge in [0.1, 0.15) is 5.75 Å². The van der Waals surface area contributed by atoms with Gasteiger partial charge in [-0.3, -0.25) is 0 Å². The average molecular weight is 244 g/mol. The van der Waals surface area contributed by atoms with Crippen molar-refractivity contribution >= 4 is 0 Å². The third kappa shape index (κ3) is 4.51. The SMILES string of the molecule is C=CCCCCOc1ccccc1C(F)(F)F. The van der Waals surface area contributed by atoms with Crippen molar-refractivity contribution in [2.24, 2.45) is 0 Å². The summed E-state index contributed by atoms with van der Waals surface area (Å²) in [6.07, 6.45) is -0.137. The van der Waals surface area contributed by atoms with Gasteiger partial charge in [0, 0.05) is 0 Å². The molecule has 0 aliphatic heterocycles. The lowest BCUT2D eigenvalue weighted by Crippen LogP contribution is -2.09. The van der Waals surface area contributed by atoms with Crippen LogP contribution in [-0.2, 0) is 6.18 Å². The van der Waals surface area contributed by atoms with E-state index in [0.29, 0.717) is 6.61 Å².